The third kappa shape index (κ3) is 2.15. The Labute approximate surface area is 94.9 Å². The first-order valence-electron chi connectivity index (χ1n) is 5.21. The fourth-order valence-electron chi connectivity index (χ4n) is 1.70. The third-order valence-corrected chi connectivity index (χ3v) is 3.23. The van der Waals surface area contributed by atoms with E-state index in [4.69, 9.17) is 0 Å². The molecule has 0 spiro atoms. The van der Waals surface area contributed by atoms with Crippen LogP contribution in [-0.4, -0.2) is 10.7 Å². The number of aromatic nitrogens is 1. The van der Waals surface area contributed by atoms with E-state index in [9.17, 15) is 0 Å². The maximum Gasteiger partial charge on any atom is 0.0970 e. The van der Waals surface area contributed by atoms with E-state index in [-0.39, 0.29) is 0 Å². The lowest BCUT2D eigenvalue weighted by Crippen LogP contribution is -1.88. The normalized spacial score (nSPS) is 10.9. The summed E-state index contributed by atoms with van der Waals surface area (Å²) in [5.41, 5.74) is 3.72. The van der Waals surface area contributed by atoms with Crippen molar-refractivity contribution < 1.29 is 0 Å². The summed E-state index contributed by atoms with van der Waals surface area (Å²) in [6.07, 6.45) is 0. The molecular formula is C13H15NS. The number of hydrogen-bond acceptors (Lipinski definition) is 2. The van der Waals surface area contributed by atoms with Gasteiger partial charge >= 0.3 is 0 Å². The molecule has 1 aromatic carbocycles. The molecule has 0 atom stereocenters. The molecule has 0 unspecified atom stereocenters. The lowest BCUT2D eigenvalue weighted by atomic mass is 10.1. The van der Waals surface area contributed by atoms with Crippen LogP contribution in [0.15, 0.2) is 29.3 Å². The summed E-state index contributed by atoms with van der Waals surface area (Å²) >= 11 is 1.80. The van der Waals surface area contributed by atoms with E-state index in [1.54, 1.807) is 11.8 Å². The van der Waals surface area contributed by atoms with E-state index in [2.05, 4.69) is 50.0 Å². The van der Waals surface area contributed by atoms with Gasteiger partial charge in [-0.3, -0.25) is 0 Å². The van der Waals surface area contributed by atoms with E-state index in [1.165, 1.54) is 16.5 Å². The molecule has 15 heavy (non-hydrogen) atoms. The van der Waals surface area contributed by atoms with Crippen LogP contribution in [0, 0.1) is 13.8 Å². The molecule has 2 heteroatoms. The Morgan fingerprint density at radius 2 is 2.00 bits per heavy atom. The van der Waals surface area contributed by atoms with Gasteiger partial charge in [0.1, 0.15) is 0 Å². The standard InChI is InChI=1S/C13H15NS/c1-4-15-13-8-10(3)11-7-9(2)5-6-12(11)14-13/h5-8H,4H2,1-3H3. The summed E-state index contributed by atoms with van der Waals surface area (Å²) in [6, 6.07) is 8.61. The second-order valence-electron chi connectivity index (χ2n) is 3.73. The van der Waals surface area contributed by atoms with Crippen molar-refractivity contribution in [3.05, 3.63) is 35.4 Å². The minimum absolute atomic E-state index is 1.07. The second kappa shape index (κ2) is 4.23. The molecular weight excluding hydrogens is 202 g/mol. The average molecular weight is 217 g/mol. The van der Waals surface area contributed by atoms with Gasteiger partial charge in [-0.2, -0.15) is 0 Å². The number of rotatable bonds is 2. The van der Waals surface area contributed by atoms with Gasteiger partial charge in [0.25, 0.3) is 0 Å². The second-order valence-corrected chi connectivity index (χ2v) is 5.02. The highest BCUT2D eigenvalue weighted by Gasteiger charge is 2.02. The number of fused-ring (bicyclic) bond motifs is 1. The van der Waals surface area contributed by atoms with Crippen molar-refractivity contribution in [1.29, 1.82) is 0 Å². The van der Waals surface area contributed by atoms with Gasteiger partial charge in [-0.25, -0.2) is 4.98 Å². The van der Waals surface area contributed by atoms with Crippen LogP contribution in [0.4, 0.5) is 0 Å². The zero-order valence-electron chi connectivity index (χ0n) is 9.37. The van der Waals surface area contributed by atoms with Crippen molar-refractivity contribution in [3.8, 4) is 0 Å². The first kappa shape index (κ1) is 10.5. The molecule has 1 aromatic heterocycles. The lowest BCUT2D eigenvalue weighted by molar-refractivity contribution is 1.17. The van der Waals surface area contributed by atoms with Crippen molar-refractivity contribution >= 4 is 22.7 Å². The maximum atomic E-state index is 4.63. The van der Waals surface area contributed by atoms with Crippen molar-refractivity contribution in [2.75, 3.05) is 5.75 Å². The van der Waals surface area contributed by atoms with Gasteiger partial charge < -0.3 is 0 Å². The molecule has 0 amide bonds. The molecule has 0 N–H and O–H groups in total. The Balaban J connectivity index is 2.62. The average Bonchev–Trinajstić information content (AvgIpc) is 2.20. The van der Waals surface area contributed by atoms with E-state index in [0.717, 1.165) is 16.3 Å². The van der Waals surface area contributed by atoms with Gasteiger partial charge in [0, 0.05) is 5.39 Å². The molecule has 0 aliphatic heterocycles. The highest BCUT2D eigenvalue weighted by Crippen LogP contribution is 2.24. The number of thioether (sulfide) groups is 1. The monoisotopic (exact) mass is 217 g/mol. The van der Waals surface area contributed by atoms with Crippen molar-refractivity contribution in [2.24, 2.45) is 0 Å². The van der Waals surface area contributed by atoms with Crippen molar-refractivity contribution in [2.45, 2.75) is 25.8 Å². The van der Waals surface area contributed by atoms with Gasteiger partial charge in [-0.1, -0.05) is 18.6 Å². The Hall–Kier alpha value is -1.02. The Morgan fingerprint density at radius 3 is 2.73 bits per heavy atom. The Kier molecular flexibility index (Phi) is 2.96. The summed E-state index contributed by atoms with van der Waals surface area (Å²) in [6.45, 7) is 6.43. The molecule has 1 heterocycles. The van der Waals surface area contributed by atoms with Crippen LogP contribution in [0.2, 0.25) is 0 Å². The molecule has 0 radical (unpaired) electrons. The zero-order valence-corrected chi connectivity index (χ0v) is 10.2. The molecule has 0 aliphatic carbocycles. The van der Waals surface area contributed by atoms with Crippen LogP contribution in [0.1, 0.15) is 18.1 Å². The fraction of sp³-hybridized carbons (Fsp3) is 0.308. The summed E-state index contributed by atoms with van der Waals surface area (Å²) in [7, 11) is 0. The molecule has 2 aromatic rings. The number of nitrogens with zero attached hydrogens (tertiary/aromatic N) is 1. The summed E-state index contributed by atoms with van der Waals surface area (Å²) in [5.74, 6) is 1.07. The topological polar surface area (TPSA) is 12.9 Å². The highest BCUT2D eigenvalue weighted by molar-refractivity contribution is 7.99. The van der Waals surface area contributed by atoms with E-state index in [0.29, 0.717) is 0 Å². The number of aryl methyl sites for hydroxylation is 2. The van der Waals surface area contributed by atoms with Crippen LogP contribution < -0.4 is 0 Å². The largest absolute Gasteiger partial charge is 0.241 e. The summed E-state index contributed by atoms with van der Waals surface area (Å²) < 4.78 is 0. The minimum atomic E-state index is 1.07. The number of benzene rings is 1. The molecule has 0 saturated heterocycles. The predicted molar refractivity (Wildman–Crippen MR) is 67.6 cm³/mol. The van der Waals surface area contributed by atoms with Gasteiger partial charge in [-0.15, -0.1) is 11.8 Å². The third-order valence-electron chi connectivity index (χ3n) is 2.44. The van der Waals surface area contributed by atoms with Crippen molar-refractivity contribution in [3.63, 3.8) is 0 Å². The Bertz CT molecular complexity index is 491. The quantitative estimate of drug-likeness (QED) is 0.706. The number of hydrogen-bond donors (Lipinski definition) is 0. The summed E-state index contributed by atoms with van der Waals surface area (Å²) in [4.78, 5) is 4.63. The molecule has 0 aliphatic rings. The first-order valence-corrected chi connectivity index (χ1v) is 6.20. The molecule has 0 saturated carbocycles. The zero-order chi connectivity index (χ0) is 10.8. The van der Waals surface area contributed by atoms with Crippen LogP contribution in [0.5, 0.6) is 0 Å². The molecule has 2 rings (SSSR count). The summed E-state index contributed by atoms with van der Waals surface area (Å²) in [5, 5.41) is 2.40. The molecule has 0 fully saturated rings. The maximum absolute atomic E-state index is 4.63. The van der Waals surface area contributed by atoms with Crippen molar-refractivity contribution in [1.82, 2.24) is 4.98 Å². The van der Waals surface area contributed by atoms with Crippen LogP contribution in [0.3, 0.4) is 0 Å². The lowest BCUT2D eigenvalue weighted by Gasteiger charge is -2.06. The van der Waals surface area contributed by atoms with Crippen LogP contribution in [-0.2, 0) is 0 Å². The predicted octanol–water partition coefficient (Wildman–Crippen LogP) is 3.96. The fourth-order valence-corrected chi connectivity index (χ4v) is 2.42. The van der Waals surface area contributed by atoms with Gasteiger partial charge in [0.15, 0.2) is 0 Å². The smallest absolute Gasteiger partial charge is 0.0970 e. The van der Waals surface area contributed by atoms with Crippen LogP contribution >= 0.6 is 11.8 Å². The van der Waals surface area contributed by atoms with E-state index in [1.807, 2.05) is 0 Å². The highest BCUT2D eigenvalue weighted by atomic mass is 32.2. The Morgan fingerprint density at radius 1 is 1.20 bits per heavy atom. The first-order chi connectivity index (χ1) is 7.20. The SMILES string of the molecule is CCSc1cc(C)c2cc(C)ccc2n1. The van der Waals surface area contributed by atoms with E-state index < -0.39 is 0 Å². The van der Waals surface area contributed by atoms with Crippen LogP contribution in [0.25, 0.3) is 10.9 Å². The van der Waals surface area contributed by atoms with Gasteiger partial charge in [0.2, 0.25) is 0 Å². The van der Waals surface area contributed by atoms with Gasteiger partial charge in [0.05, 0.1) is 10.5 Å². The van der Waals surface area contributed by atoms with Gasteiger partial charge in [-0.05, 0) is 43.4 Å². The molecule has 0 bridgehead atoms. The molecule has 78 valence electrons. The minimum Gasteiger partial charge on any atom is -0.241 e. The number of pyridine rings is 1. The van der Waals surface area contributed by atoms with E-state index >= 15 is 0 Å². The molecule has 1 nitrogen and oxygen atoms in total.